The molecule has 2 aromatic rings. The highest BCUT2D eigenvalue weighted by molar-refractivity contribution is 7.23. The molecule has 116 valence electrons. The van der Waals surface area contributed by atoms with Crippen LogP contribution in [0.2, 0.25) is 0 Å². The number of hydrogen-bond acceptors (Lipinski definition) is 3. The van der Waals surface area contributed by atoms with E-state index in [-0.39, 0.29) is 8.46 Å². The quantitative estimate of drug-likeness (QED) is 0.556. The van der Waals surface area contributed by atoms with Crippen molar-refractivity contribution in [3.63, 3.8) is 0 Å². The first-order valence-electron chi connectivity index (χ1n) is 7.26. The second-order valence-electron chi connectivity index (χ2n) is 4.52. The first kappa shape index (κ1) is 18.2. The minimum Gasteiger partial charge on any atom is -0.377 e. The summed E-state index contributed by atoms with van der Waals surface area (Å²) in [6.07, 6.45) is 1.59. The number of ether oxygens (including phenoxy) is 1. The largest absolute Gasteiger partial charge is 0.377 e. The van der Waals surface area contributed by atoms with Gasteiger partial charge in [-0.15, -0.1) is 0 Å². The van der Waals surface area contributed by atoms with E-state index in [9.17, 15) is 9.36 Å². The molecule has 0 spiro atoms. The van der Waals surface area contributed by atoms with Crippen LogP contribution < -0.4 is 0 Å². The van der Waals surface area contributed by atoms with Gasteiger partial charge in [-0.3, -0.25) is 9.36 Å². The molecule has 2 aromatic carbocycles. The van der Waals surface area contributed by atoms with Crippen LogP contribution in [-0.4, -0.2) is 19.1 Å². The minimum atomic E-state index is 0.248. The highest BCUT2D eigenvalue weighted by Crippen LogP contribution is 2.20. The third kappa shape index (κ3) is 6.30. The number of carbonyl (C=O) groups excluding carboxylic acids is 1. The molecule has 0 fully saturated rings. The first-order valence-corrected chi connectivity index (χ1v) is 8.26. The number of aldehydes is 1. The van der Waals surface area contributed by atoms with Crippen LogP contribution in [0.3, 0.4) is 0 Å². The molecule has 0 aliphatic heterocycles. The fraction of sp³-hybridized carbons (Fsp3) is 0.278. The maximum atomic E-state index is 10.6. The van der Waals surface area contributed by atoms with E-state index < -0.39 is 0 Å². The van der Waals surface area contributed by atoms with Gasteiger partial charge in [0.05, 0.1) is 6.61 Å². The van der Waals surface area contributed by atoms with Crippen LogP contribution in [0.15, 0.2) is 48.5 Å². The summed E-state index contributed by atoms with van der Waals surface area (Å²) in [6.45, 7) is 5.23. The molecule has 0 saturated heterocycles. The fourth-order valence-electron chi connectivity index (χ4n) is 1.77. The standard InChI is InChI=1S/C16H16O2.C2H5OP/c1-2-18-12-14-5-9-16(10-6-14)15-7-3-13(11-17)4-8-15;1-2-4-3/h3-11H,2,12H2,1H3;2H2,1H3. The lowest BCUT2D eigenvalue weighted by Crippen LogP contribution is -1.91. The SMILES string of the molecule is CCOCc1ccc(-c2ccc(C=O)cc2)cc1.CCP=O. The normalized spacial score (nSPS) is 9.91. The Morgan fingerprint density at radius 3 is 1.86 bits per heavy atom. The van der Waals surface area contributed by atoms with Gasteiger partial charge in [-0.1, -0.05) is 55.5 Å². The molecule has 0 bridgehead atoms. The Kier molecular flexibility index (Phi) is 8.97. The molecule has 0 aromatic heterocycles. The van der Waals surface area contributed by atoms with Crippen molar-refractivity contribution in [2.24, 2.45) is 0 Å². The van der Waals surface area contributed by atoms with E-state index in [0.717, 1.165) is 30.2 Å². The predicted octanol–water partition coefficient (Wildman–Crippen LogP) is 5.00. The summed E-state index contributed by atoms with van der Waals surface area (Å²) in [7, 11) is 0.248. The Morgan fingerprint density at radius 1 is 0.955 bits per heavy atom. The molecule has 0 aliphatic rings. The van der Waals surface area contributed by atoms with Crippen molar-refractivity contribution in [1.82, 2.24) is 0 Å². The number of carbonyl (C=O) groups is 1. The molecule has 0 heterocycles. The minimum absolute atomic E-state index is 0.248. The number of hydrogen-bond donors (Lipinski definition) is 0. The van der Waals surface area contributed by atoms with Gasteiger partial charge in [0.25, 0.3) is 0 Å². The lowest BCUT2D eigenvalue weighted by Gasteiger charge is -2.05. The van der Waals surface area contributed by atoms with E-state index in [0.29, 0.717) is 12.2 Å². The van der Waals surface area contributed by atoms with E-state index in [4.69, 9.17) is 4.74 Å². The summed E-state index contributed by atoms with van der Waals surface area (Å²) in [5.74, 6) is 0. The molecule has 2 rings (SSSR count). The van der Waals surface area contributed by atoms with Crippen LogP contribution in [0.4, 0.5) is 0 Å². The summed E-state index contributed by atoms with van der Waals surface area (Å²) < 4.78 is 14.6. The monoisotopic (exact) mass is 316 g/mol. The van der Waals surface area contributed by atoms with E-state index in [1.807, 2.05) is 38.1 Å². The molecule has 3 nitrogen and oxygen atoms in total. The van der Waals surface area contributed by atoms with E-state index in [1.165, 1.54) is 5.56 Å². The molecule has 0 atom stereocenters. The van der Waals surface area contributed by atoms with Crippen molar-refractivity contribution in [2.45, 2.75) is 20.5 Å². The maximum absolute atomic E-state index is 10.6. The molecule has 0 unspecified atom stereocenters. The van der Waals surface area contributed by atoms with Crippen LogP contribution in [0, 0.1) is 0 Å². The second kappa shape index (κ2) is 10.8. The van der Waals surface area contributed by atoms with Crippen LogP contribution in [0.25, 0.3) is 11.1 Å². The summed E-state index contributed by atoms with van der Waals surface area (Å²) in [5, 5.41) is 0. The third-order valence-corrected chi connectivity index (χ3v) is 3.19. The summed E-state index contributed by atoms with van der Waals surface area (Å²) in [6, 6.07) is 15.9. The van der Waals surface area contributed by atoms with Gasteiger partial charge in [0.1, 0.15) is 6.29 Å². The van der Waals surface area contributed by atoms with E-state index in [1.54, 1.807) is 0 Å². The molecule has 0 N–H and O–H groups in total. The van der Waals surface area contributed by atoms with Crippen LogP contribution >= 0.6 is 8.46 Å². The fourth-order valence-corrected chi connectivity index (χ4v) is 1.77. The average molecular weight is 316 g/mol. The molecule has 0 saturated carbocycles. The topological polar surface area (TPSA) is 43.4 Å². The van der Waals surface area contributed by atoms with Crippen LogP contribution in [0.5, 0.6) is 0 Å². The average Bonchev–Trinajstić information content (AvgIpc) is 2.60. The Morgan fingerprint density at radius 2 is 1.45 bits per heavy atom. The molecular weight excluding hydrogens is 295 g/mol. The van der Waals surface area contributed by atoms with Gasteiger partial charge in [0.15, 0.2) is 8.46 Å². The molecule has 0 aliphatic carbocycles. The van der Waals surface area contributed by atoms with Crippen LogP contribution in [-0.2, 0) is 15.9 Å². The zero-order valence-electron chi connectivity index (χ0n) is 13.0. The van der Waals surface area contributed by atoms with Gasteiger partial charge >= 0.3 is 0 Å². The van der Waals surface area contributed by atoms with Gasteiger partial charge < -0.3 is 4.74 Å². The second-order valence-corrected chi connectivity index (χ2v) is 5.41. The number of rotatable bonds is 6. The van der Waals surface area contributed by atoms with E-state index in [2.05, 4.69) is 24.3 Å². The highest BCUT2D eigenvalue weighted by Gasteiger charge is 1.98. The smallest absolute Gasteiger partial charge is 0.154 e. The van der Waals surface area contributed by atoms with Crippen molar-refractivity contribution in [1.29, 1.82) is 0 Å². The lowest BCUT2D eigenvalue weighted by molar-refractivity contribution is 0.112. The predicted molar refractivity (Wildman–Crippen MR) is 90.7 cm³/mol. The van der Waals surface area contributed by atoms with Gasteiger partial charge in [-0.2, -0.15) is 0 Å². The van der Waals surface area contributed by atoms with Crippen molar-refractivity contribution in [2.75, 3.05) is 12.8 Å². The van der Waals surface area contributed by atoms with E-state index >= 15 is 0 Å². The summed E-state index contributed by atoms with van der Waals surface area (Å²) >= 11 is 0. The third-order valence-electron chi connectivity index (χ3n) is 2.94. The van der Waals surface area contributed by atoms with Crippen molar-refractivity contribution in [3.8, 4) is 11.1 Å². The molecule has 22 heavy (non-hydrogen) atoms. The summed E-state index contributed by atoms with van der Waals surface area (Å²) in [5.41, 5.74) is 4.13. The Labute approximate surface area is 133 Å². The summed E-state index contributed by atoms with van der Waals surface area (Å²) in [4.78, 5) is 10.6. The van der Waals surface area contributed by atoms with Gasteiger partial charge in [-0.05, 0) is 23.6 Å². The molecule has 0 radical (unpaired) electrons. The van der Waals surface area contributed by atoms with Crippen LogP contribution in [0.1, 0.15) is 29.8 Å². The van der Waals surface area contributed by atoms with Gasteiger partial charge in [-0.25, -0.2) is 0 Å². The number of benzene rings is 2. The maximum Gasteiger partial charge on any atom is 0.154 e. The Balaban J connectivity index is 0.000000541. The Hall–Kier alpha value is -1.83. The van der Waals surface area contributed by atoms with Crippen molar-refractivity contribution in [3.05, 3.63) is 59.7 Å². The van der Waals surface area contributed by atoms with Gasteiger partial charge in [0.2, 0.25) is 0 Å². The molecular formula is C18H21O3P. The lowest BCUT2D eigenvalue weighted by atomic mass is 10.0. The Bertz CT molecular complexity index is 562. The molecule has 4 heteroatoms. The molecule has 0 amide bonds. The first-order chi connectivity index (χ1) is 10.7. The zero-order valence-corrected chi connectivity index (χ0v) is 13.9. The zero-order chi connectivity index (χ0) is 16.2. The van der Waals surface area contributed by atoms with Crippen molar-refractivity contribution >= 4 is 14.7 Å². The van der Waals surface area contributed by atoms with Gasteiger partial charge in [0, 0.05) is 18.3 Å². The highest BCUT2D eigenvalue weighted by atomic mass is 31.1. The van der Waals surface area contributed by atoms with Crippen molar-refractivity contribution < 1.29 is 14.1 Å².